The van der Waals surface area contributed by atoms with Crippen LogP contribution in [0.25, 0.3) is 0 Å². The predicted molar refractivity (Wildman–Crippen MR) is 125 cm³/mol. The summed E-state index contributed by atoms with van der Waals surface area (Å²) in [4.78, 5) is 27.7. The summed E-state index contributed by atoms with van der Waals surface area (Å²) in [5, 5.41) is 11.7. The number of hydrogen-bond acceptors (Lipinski definition) is 6. The fraction of sp³-hybridized carbons (Fsp3) is 0.435. The van der Waals surface area contributed by atoms with Crippen molar-refractivity contribution in [2.24, 2.45) is 5.92 Å². The van der Waals surface area contributed by atoms with Gasteiger partial charge in [0.2, 0.25) is 10.0 Å². The summed E-state index contributed by atoms with van der Waals surface area (Å²) in [6.45, 7) is 4.00. The number of carbonyl (C=O) groups excluding carboxylic acids is 1. The lowest BCUT2D eigenvalue weighted by atomic mass is 9.98. The van der Waals surface area contributed by atoms with Gasteiger partial charge in [0.25, 0.3) is 11.6 Å². The minimum atomic E-state index is -3.88. The number of sulfonamides is 1. The van der Waals surface area contributed by atoms with Crippen molar-refractivity contribution in [1.29, 1.82) is 0 Å². The third-order valence-corrected chi connectivity index (χ3v) is 8.40. The number of carbonyl (C=O) groups is 1. The first-order valence-corrected chi connectivity index (χ1v) is 12.7. The van der Waals surface area contributed by atoms with E-state index in [1.54, 1.807) is 12.1 Å². The van der Waals surface area contributed by atoms with Crippen molar-refractivity contribution >= 4 is 27.3 Å². The second-order valence-electron chi connectivity index (χ2n) is 8.78. The summed E-state index contributed by atoms with van der Waals surface area (Å²) in [6, 6.07) is 9.35. The summed E-state index contributed by atoms with van der Waals surface area (Å²) < 4.78 is 40.3. The number of nitro benzene ring substituents is 1. The topological polar surface area (TPSA) is 104 Å². The van der Waals surface area contributed by atoms with Gasteiger partial charge in [-0.3, -0.25) is 14.9 Å². The molecule has 0 atom stereocenters. The molecule has 0 aromatic heterocycles. The molecule has 11 heteroatoms. The van der Waals surface area contributed by atoms with E-state index in [2.05, 4.69) is 6.92 Å². The Labute approximate surface area is 198 Å². The number of halogens is 1. The van der Waals surface area contributed by atoms with Crippen molar-refractivity contribution in [1.82, 2.24) is 9.21 Å². The molecule has 4 rings (SSSR count). The molecule has 9 nitrogen and oxygen atoms in total. The molecule has 1 amide bonds. The van der Waals surface area contributed by atoms with Crippen LogP contribution in [0.3, 0.4) is 0 Å². The monoisotopic (exact) mass is 490 g/mol. The van der Waals surface area contributed by atoms with Crippen LogP contribution in [0.5, 0.6) is 0 Å². The molecule has 2 aliphatic rings. The molecule has 182 valence electrons. The van der Waals surface area contributed by atoms with E-state index in [1.807, 2.05) is 4.90 Å². The highest BCUT2D eigenvalue weighted by atomic mass is 32.2. The number of rotatable bonds is 5. The van der Waals surface area contributed by atoms with Gasteiger partial charge in [0, 0.05) is 50.9 Å². The Morgan fingerprint density at radius 1 is 1.03 bits per heavy atom. The molecule has 2 heterocycles. The fourth-order valence-corrected chi connectivity index (χ4v) is 5.86. The van der Waals surface area contributed by atoms with E-state index in [0.717, 1.165) is 32.0 Å². The molecule has 0 bridgehead atoms. The molecule has 0 aliphatic carbocycles. The van der Waals surface area contributed by atoms with Gasteiger partial charge in [0.05, 0.1) is 9.82 Å². The van der Waals surface area contributed by atoms with E-state index in [9.17, 15) is 27.7 Å². The van der Waals surface area contributed by atoms with Crippen LogP contribution in [-0.4, -0.2) is 67.7 Å². The zero-order valence-electron chi connectivity index (χ0n) is 18.9. The lowest BCUT2D eigenvalue weighted by Crippen LogP contribution is -2.50. The largest absolute Gasteiger partial charge is 0.366 e. The van der Waals surface area contributed by atoms with Crippen LogP contribution < -0.4 is 4.90 Å². The van der Waals surface area contributed by atoms with E-state index in [1.165, 1.54) is 33.5 Å². The van der Waals surface area contributed by atoms with E-state index < -0.39 is 20.8 Å². The maximum atomic E-state index is 13.5. The van der Waals surface area contributed by atoms with E-state index in [0.29, 0.717) is 11.6 Å². The quantitative estimate of drug-likeness (QED) is 0.471. The van der Waals surface area contributed by atoms with Crippen molar-refractivity contribution in [3.8, 4) is 0 Å². The highest BCUT2D eigenvalue weighted by molar-refractivity contribution is 7.89. The zero-order chi connectivity index (χ0) is 24.5. The smallest absolute Gasteiger partial charge is 0.293 e. The first kappa shape index (κ1) is 24.1. The summed E-state index contributed by atoms with van der Waals surface area (Å²) >= 11 is 0. The maximum absolute atomic E-state index is 13.5. The Kier molecular flexibility index (Phi) is 6.85. The molecule has 2 saturated heterocycles. The number of hydrogen-bond donors (Lipinski definition) is 0. The Bertz CT molecular complexity index is 1190. The van der Waals surface area contributed by atoms with Crippen molar-refractivity contribution in [2.75, 3.05) is 44.2 Å². The highest BCUT2D eigenvalue weighted by Gasteiger charge is 2.32. The maximum Gasteiger partial charge on any atom is 0.293 e. The number of piperazine rings is 1. The number of amides is 1. The number of anilines is 1. The van der Waals surface area contributed by atoms with Crippen molar-refractivity contribution < 1.29 is 22.5 Å². The highest BCUT2D eigenvalue weighted by Crippen LogP contribution is 2.33. The summed E-state index contributed by atoms with van der Waals surface area (Å²) in [6.07, 6.45) is 1.92. The van der Waals surface area contributed by atoms with Gasteiger partial charge in [-0.15, -0.1) is 0 Å². The van der Waals surface area contributed by atoms with E-state index in [4.69, 9.17) is 0 Å². The second-order valence-corrected chi connectivity index (χ2v) is 10.7. The Hall–Kier alpha value is -3.05. The summed E-state index contributed by atoms with van der Waals surface area (Å²) in [7, 11) is -3.88. The minimum Gasteiger partial charge on any atom is -0.366 e. The third kappa shape index (κ3) is 4.90. The van der Waals surface area contributed by atoms with Crippen LogP contribution in [0, 0.1) is 21.8 Å². The van der Waals surface area contributed by atoms with Crippen LogP contribution in [0.15, 0.2) is 47.4 Å². The van der Waals surface area contributed by atoms with Gasteiger partial charge < -0.3 is 9.80 Å². The van der Waals surface area contributed by atoms with Crippen molar-refractivity contribution in [3.05, 3.63) is 64.0 Å². The van der Waals surface area contributed by atoms with Gasteiger partial charge in [-0.1, -0.05) is 13.0 Å². The van der Waals surface area contributed by atoms with Crippen molar-refractivity contribution in [2.45, 2.75) is 24.7 Å². The minimum absolute atomic E-state index is 0.0523. The molecule has 2 aliphatic heterocycles. The number of piperidine rings is 1. The summed E-state index contributed by atoms with van der Waals surface area (Å²) in [5.74, 6) is -0.441. The molecule has 2 aromatic carbocycles. The molecular weight excluding hydrogens is 463 g/mol. The SMILES string of the molecule is CC1CCN(c2ccc(C(=O)N3CCN(S(=O)(=O)c4cccc(F)c4)CC3)cc2[N+](=O)[O-])CC1. The molecule has 0 saturated carbocycles. The number of nitrogens with zero attached hydrogens (tertiary/aromatic N) is 4. The average molecular weight is 491 g/mol. The lowest BCUT2D eigenvalue weighted by Gasteiger charge is -2.34. The van der Waals surface area contributed by atoms with Gasteiger partial charge in [-0.05, 0) is 49.1 Å². The Morgan fingerprint density at radius 2 is 1.71 bits per heavy atom. The first-order chi connectivity index (χ1) is 16.2. The Balaban J connectivity index is 1.46. The molecule has 0 unspecified atom stereocenters. The third-order valence-electron chi connectivity index (χ3n) is 6.50. The standard InChI is InChI=1S/C23H27FN4O5S/c1-17-7-9-25(10-8-17)21-6-5-18(15-22(21)28(30)31)23(29)26-11-13-27(14-12-26)34(32,33)20-4-2-3-19(24)16-20/h2-6,15-17H,7-14H2,1H3. The average Bonchev–Trinajstić information content (AvgIpc) is 2.84. The van der Waals surface area contributed by atoms with Crippen LogP contribution in [0.2, 0.25) is 0 Å². The molecule has 34 heavy (non-hydrogen) atoms. The second kappa shape index (κ2) is 9.67. The summed E-state index contributed by atoms with van der Waals surface area (Å²) in [5.41, 5.74) is 0.606. The van der Waals surface area contributed by atoms with E-state index in [-0.39, 0.29) is 48.2 Å². The zero-order valence-corrected chi connectivity index (χ0v) is 19.7. The normalized spacial score (nSPS) is 18.2. The molecule has 2 aromatic rings. The van der Waals surface area contributed by atoms with Gasteiger partial charge in [-0.25, -0.2) is 12.8 Å². The number of nitro groups is 1. The van der Waals surface area contributed by atoms with Gasteiger partial charge in [-0.2, -0.15) is 4.31 Å². The molecule has 0 N–H and O–H groups in total. The molecule has 0 spiro atoms. The predicted octanol–water partition coefficient (Wildman–Crippen LogP) is 3.12. The van der Waals surface area contributed by atoms with Crippen molar-refractivity contribution in [3.63, 3.8) is 0 Å². The Morgan fingerprint density at radius 3 is 2.32 bits per heavy atom. The van der Waals surface area contributed by atoms with Gasteiger partial charge in [0.1, 0.15) is 11.5 Å². The van der Waals surface area contributed by atoms with E-state index >= 15 is 0 Å². The van der Waals surface area contributed by atoms with Crippen LogP contribution >= 0.6 is 0 Å². The van der Waals surface area contributed by atoms with Gasteiger partial charge >= 0.3 is 0 Å². The molecular formula is C23H27FN4O5S. The molecule has 0 radical (unpaired) electrons. The van der Waals surface area contributed by atoms with Crippen LogP contribution in [0.1, 0.15) is 30.1 Å². The lowest BCUT2D eigenvalue weighted by molar-refractivity contribution is -0.384. The molecule has 2 fully saturated rings. The van der Waals surface area contributed by atoms with Gasteiger partial charge in [0.15, 0.2) is 0 Å². The first-order valence-electron chi connectivity index (χ1n) is 11.2. The fourth-order valence-electron chi connectivity index (χ4n) is 4.41. The van der Waals surface area contributed by atoms with Crippen LogP contribution in [0.4, 0.5) is 15.8 Å². The van der Waals surface area contributed by atoms with Crippen LogP contribution in [-0.2, 0) is 10.0 Å². The number of benzene rings is 2.